The van der Waals surface area contributed by atoms with Crippen LogP contribution in [0.3, 0.4) is 0 Å². The molecular weight excluding hydrogens is 300 g/mol. The van der Waals surface area contributed by atoms with Gasteiger partial charge in [0.05, 0.1) is 6.10 Å². The lowest BCUT2D eigenvalue weighted by Crippen LogP contribution is -2.41. The van der Waals surface area contributed by atoms with Gasteiger partial charge in [-0.2, -0.15) is 0 Å². The first kappa shape index (κ1) is 17.1. The van der Waals surface area contributed by atoms with E-state index in [4.69, 9.17) is 11.6 Å². The van der Waals surface area contributed by atoms with Gasteiger partial charge < -0.3 is 15.7 Å². The highest BCUT2D eigenvalue weighted by molar-refractivity contribution is 6.31. The van der Waals surface area contributed by atoms with Crippen molar-refractivity contribution in [1.82, 2.24) is 10.6 Å². The molecule has 3 N–H and O–H groups in total. The van der Waals surface area contributed by atoms with Crippen LogP contribution in [0.15, 0.2) is 24.3 Å². The Hall–Kier alpha value is -1.26. The predicted molar refractivity (Wildman–Crippen MR) is 89.2 cm³/mol. The molecule has 1 aliphatic rings. The second-order valence-corrected chi connectivity index (χ2v) is 6.92. The molecule has 1 saturated carbocycles. The molecule has 1 aromatic rings. The zero-order chi connectivity index (χ0) is 16.2. The van der Waals surface area contributed by atoms with Crippen molar-refractivity contribution in [1.29, 1.82) is 0 Å². The van der Waals surface area contributed by atoms with Gasteiger partial charge in [-0.15, -0.1) is 0 Å². The number of urea groups is 1. The molecule has 0 radical (unpaired) electrons. The van der Waals surface area contributed by atoms with Gasteiger partial charge in [-0.1, -0.05) is 36.7 Å². The van der Waals surface area contributed by atoms with Gasteiger partial charge in [0, 0.05) is 23.5 Å². The van der Waals surface area contributed by atoms with Gasteiger partial charge in [0.1, 0.15) is 0 Å². The Morgan fingerprint density at radius 1 is 1.32 bits per heavy atom. The normalized spacial score (nSPS) is 18.4. The summed E-state index contributed by atoms with van der Waals surface area (Å²) < 4.78 is 0. The van der Waals surface area contributed by atoms with E-state index in [1.807, 2.05) is 31.2 Å². The molecule has 2 amide bonds. The van der Waals surface area contributed by atoms with Crippen LogP contribution in [-0.2, 0) is 5.41 Å². The molecule has 0 bridgehead atoms. The zero-order valence-electron chi connectivity index (χ0n) is 13.2. The van der Waals surface area contributed by atoms with E-state index in [0.717, 1.165) is 23.4 Å². The SMILES string of the molecule is CC(O)CC(C)CNC(=O)NCC1(c2ccccc2Cl)CC1. The van der Waals surface area contributed by atoms with Gasteiger partial charge in [0.25, 0.3) is 0 Å². The molecule has 2 unspecified atom stereocenters. The second kappa shape index (κ2) is 7.34. The van der Waals surface area contributed by atoms with E-state index in [2.05, 4.69) is 10.6 Å². The Labute approximate surface area is 137 Å². The van der Waals surface area contributed by atoms with Crippen LogP contribution < -0.4 is 10.6 Å². The Balaban J connectivity index is 1.78. The topological polar surface area (TPSA) is 61.4 Å². The summed E-state index contributed by atoms with van der Waals surface area (Å²) in [6.07, 6.45) is 2.45. The fourth-order valence-corrected chi connectivity index (χ4v) is 3.16. The highest BCUT2D eigenvalue weighted by atomic mass is 35.5. The Kier molecular flexibility index (Phi) is 5.70. The maximum atomic E-state index is 11.9. The third-order valence-corrected chi connectivity index (χ3v) is 4.57. The van der Waals surface area contributed by atoms with Crippen LogP contribution in [0.5, 0.6) is 0 Å². The molecule has 22 heavy (non-hydrogen) atoms. The zero-order valence-corrected chi connectivity index (χ0v) is 14.0. The summed E-state index contributed by atoms with van der Waals surface area (Å²) in [5.74, 6) is 0.254. The van der Waals surface area contributed by atoms with Crippen molar-refractivity contribution < 1.29 is 9.90 Å². The number of hydrogen-bond donors (Lipinski definition) is 3. The molecule has 1 aromatic carbocycles. The van der Waals surface area contributed by atoms with Crippen molar-refractivity contribution >= 4 is 17.6 Å². The van der Waals surface area contributed by atoms with Gasteiger partial charge in [0.2, 0.25) is 0 Å². The summed E-state index contributed by atoms with van der Waals surface area (Å²) in [6.45, 7) is 4.94. The van der Waals surface area contributed by atoms with Crippen molar-refractivity contribution in [3.05, 3.63) is 34.9 Å². The summed E-state index contributed by atoms with van der Waals surface area (Å²) >= 11 is 6.26. The molecule has 4 nitrogen and oxygen atoms in total. The van der Waals surface area contributed by atoms with E-state index in [1.165, 1.54) is 0 Å². The van der Waals surface area contributed by atoms with E-state index < -0.39 is 0 Å². The standard InChI is InChI=1S/C17H25ClN2O2/c1-12(9-13(2)21)10-19-16(22)20-11-17(7-8-17)14-5-3-4-6-15(14)18/h3-6,12-13,21H,7-11H2,1-2H3,(H2,19,20,22). The summed E-state index contributed by atoms with van der Waals surface area (Å²) in [6, 6.07) is 7.69. The summed E-state index contributed by atoms with van der Waals surface area (Å²) in [5, 5.41) is 15.9. The van der Waals surface area contributed by atoms with Crippen molar-refractivity contribution in [2.45, 2.75) is 44.6 Å². The van der Waals surface area contributed by atoms with Gasteiger partial charge >= 0.3 is 6.03 Å². The number of rotatable bonds is 7. The molecule has 2 atom stereocenters. The Bertz CT molecular complexity index is 515. The molecule has 122 valence electrons. The van der Waals surface area contributed by atoms with Gasteiger partial charge in [-0.3, -0.25) is 0 Å². The van der Waals surface area contributed by atoms with Gasteiger partial charge in [0.15, 0.2) is 0 Å². The highest BCUT2D eigenvalue weighted by Crippen LogP contribution is 2.49. The molecule has 0 aromatic heterocycles. The third kappa shape index (κ3) is 4.62. The summed E-state index contributed by atoms with van der Waals surface area (Å²) in [5.41, 5.74) is 1.13. The van der Waals surface area contributed by atoms with E-state index >= 15 is 0 Å². The molecule has 0 heterocycles. The van der Waals surface area contributed by atoms with E-state index in [-0.39, 0.29) is 23.5 Å². The fraction of sp³-hybridized carbons (Fsp3) is 0.588. The van der Waals surface area contributed by atoms with Crippen LogP contribution in [0.2, 0.25) is 5.02 Å². The van der Waals surface area contributed by atoms with Gasteiger partial charge in [-0.25, -0.2) is 4.79 Å². The van der Waals surface area contributed by atoms with Crippen LogP contribution in [0, 0.1) is 5.92 Å². The van der Waals surface area contributed by atoms with Crippen molar-refractivity contribution in [2.75, 3.05) is 13.1 Å². The smallest absolute Gasteiger partial charge is 0.314 e. The predicted octanol–water partition coefficient (Wildman–Crippen LogP) is 3.08. The van der Waals surface area contributed by atoms with Crippen LogP contribution >= 0.6 is 11.6 Å². The number of amides is 2. The van der Waals surface area contributed by atoms with Crippen LogP contribution in [0.25, 0.3) is 0 Å². The van der Waals surface area contributed by atoms with Crippen LogP contribution in [0.1, 0.15) is 38.7 Å². The third-order valence-electron chi connectivity index (χ3n) is 4.24. The highest BCUT2D eigenvalue weighted by Gasteiger charge is 2.45. The Morgan fingerprint density at radius 3 is 2.59 bits per heavy atom. The number of nitrogens with one attached hydrogen (secondary N) is 2. The van der Waals surface area contributed by atoms with Gasteiger partial charge in [-0.05, 0) is 43.7 Å². The second-order valence-electron chi connectivity index (χ2n) is 6.51. The molecule has 1 aliphatic carbocycles. The maximum absolute atomic E-state index is 11.9. The Morgan fingerprint density at radius 2 is 2.00 bits per heavy atom. The molecular formula is C17H25ClN2O2. The number of carbonyl (C=O) groups excluding carboxylic acids is 1. The minimum atomic E-state index is -0.338. The minimum Gasteiger partial charge on any atom is -0.393 e. The maximum Gasteiger partial charge on any atom is 0.314 e. The molecule has 5 heteroatoms. The average molecular weight is 325 g/mol. The number of benzene rings is 1. The number of hydrogen-bond acceptors (Lipinski definition) is 2. The largest absolute Gasteiger partial charge is 0.393 e. The summed E-state index contributed by atoms with van der Waals surface area (Å²) in [7, 11) is 0. The van der Waals surface area contributed by atoms with Crippen molar-refractivity contribution in [3.8, 4) is 0 Å². The minimum absolute atomic E-state index is 0.000905. The van der Waals surface area contributed by atoms with Crippen molar-refractivity contribution in [2.24, 2.45) is 5.92 Å². The van der Waals surface area contributed by atoms with Crippen LogP contribution in [0.4, 0.5) is 4.79 Å². The van der Waals surface area contributed by atoms with E-state index in [0.29, 0.717) is 19.5 Å². The molecule has 0 aliphatic heterocycles. The fourth-order valence-electron chi connectivity index (χ4n) is 2.83. The van der Waals surface area contributed by atoms with E-state index in [9.17, 15) is 9.90 Å². The first-order valence-corrected chi connectivity index (χ1v) is 8.25. The average Bonchev–Trinajstić information content (AvgIpc) is 3.24. The molecule has 2 rings (SSSR count). The van der Waals surface area contributed by atoms with E-state index in [1.54, 1.807) is 6.92 Å². The lowest BCUT2D eigenvalue weighted by Gasteiger charge is -2.19. The lowest BCUT2D eigenvalue weighted by atomic mass is 9.96. The molecule has 0 spiro atoms. The first-order chi connectivity index (χ1) is 10.4. The summed E-state index contributed by atoms with van der Waals surface area (Å²) in [4.78, 5) is 11.9. The number of aliphatic hydroxyl groups excluding tert-OH is 1. The van der Waals surface area contributed by atoms with Crippen molar-refractivity contribution in [3.63, 3.8) is 0 Å². The monoisotopic (exact) mass is 324 g/mol. The quantitative estimate of drug-likeness (QED) is 0.722. The number of halogens is 1. The lowest BCUT2D eigenvalue weighted by molar-refractivity contribution is 0.163. The first-order valence-electron chi connectivity index (χ1n) is 7.88. The number of carbonyl (C=O) groups is 1. The van der Waals surface area contributed by atoms with Crippen LogP contribution in [-0.4, -0.2) is 30.3 Å². The molecule has 0 saturated heterocycles. The molecule has 1 fully saturated rings. The number of aliphatic hydroxyl groups is 1.